The quantitative estimate of drug-likeness (QED) is 0.154. The molecule has 4 aromatic heterocycles. The first-order valence-corrected chi connectivity index (χ1v) is 16.9. The van der Waals surface area contributed by atoms with Gasteiger partial charge in [-0.05, 0) is 61.0 Å². The fourth-order valence-corrected chi connectivity index (χ4v) is 6.12. The fourth-order valence-electron chi connectivity index (χ4n) is 6.12. The third kappa shape index (κ3) is 7.53. The zero-order chi connectivity index (χ0) is 41.9. The number of para-hydroxylation sites is 2. The summed E-state index contributed by atoms with van der Waals surface area (Å²) in [5, 5.41) is 11.7. The molecule has 0 N–H and O–H groups in total. The summed E-state index contributed by atoms with van der Waals surface area (Å²) in [7, 11) is 0. The van der Waals surface area contributed by atoms with Gasteiger partial charge in [-0.15, -0.1) is 54.1 Å². The summed E-state index contributed by atoms with van der Waals surface area (Å²) in [5.74, 6) is 0.452. The number of aromatic nitrogens is 4. The number of hydrogen-bond acceptors (Lipinski definition) is 7. The van der Waals surface area contributed by atoms with Gasteiger partial charge in [-0.25, -0.2) is 9.97 Å². The van der Waals surface area contributed by atoms with Crippen molar-refractivity contribution in [1.29, 1.82) is 5.26 Å². The average Bonchev–Trinajstić information content (AvgIpc) is 3.66. The van der Waals surface area contributed by atoms with Crippen LogP contribution in [0.25, 0.3) is 55.6 Å². The molecule has 0 saturated carbocycles. The molecule has 0 aliphatic rings. The van der Waals surface area contributed by atoms with Crippen molar-refractivity contribution in [1.82, 2.24) is 19.9 Å². The van der Waals surface area contributed by atoms with E-state index in [4.69, 9.17) is 12.6 Å². The van der Waals surface area contributed by atoms with Crippen LogP contribution in [-0.4, -0.2) is 19.9 Å². The predicted molar refractivity (Wildman–Crippen MR) is 214 cm³/mol. The molecule has 267 valence electrons. The fraction of sp³-hybridized carbons (Fsp3) is 0.0426. The maximum absolute atomic E-state index is 10.4. The molecule has 8 heteroatoms. The van der Waals surface area contributed by atoms with E-state index in [0.29, 0.717) is 44.6 Å². The van der Waals surface area contributed by atoms with Crippen LogP contribution in [0.4, 0.5) is 17.3 Å². The van der Waals surface area contributed by atoms with Gasteiger partial charge in [-0.1, -0.05) is 83.2 Å². The molecular weight excluding hydrogens is 857 g/mol. The molecule has 0 aliphatic carbocycles. The first-order chi connectivity index (χ1) is 29.0. The van der Waals surface area contributed by atoms with Crippen molar-refractivity contribution in [3.05, 3.63) is 187 Å². The van der Waals surface area contributed by atoms with Gasteiger partial charge in [0.25, 0.3) is 0 Å². The summed E-state index contributed by atoms with van der Waals surface area (Å²) in [6.45, 7) is -5.35. The average molecular weight is 895 g/mol. The number of furan rings is 1. The van der Waals surface area contributed by atoms with E-state index in [9.17, 15) is 5.26 Å². The number of pyridine rings is 2. The van der Waals surface area contributed by atoms with Crippen molar-refractivity contribution in [2.45, 2.75) is 13.7 Å². The monoisotopic (exact) mass is 895 g/mol. The van der Waals surface area contributed by atoms with Crippen molar-refractivity contribution < 1.29 is 32.7 Å². The minimum Gasteiger partial charge on any atom is -0.499 e. The summed E-state index contributed by atoms with van der Waals surface area (Å²) >= 11 is 0. The minimum absolute atomic E-state index is 0. The van der Waals surface area contributed by atoms with Gasteiger partial charge >= 0.3 is 0 Å². The first kappa shape index (κ1) is 29.6. The van der Waals surface area contributed by atoms with Crippen molar-refractivity contribution in [2.24, 2.45) is 0 Å². The van der Waals surface area contributed by atoms with Crippen LogP contribution in [0.15, 0.2) is 163 Å². The summed E-state index contributed by atoms with van der Waals surface area (Å²) in [5.41, 5.74) is 5.73. The number of benzene rings is 5. The van der Waals surface area contributed by atoms with Crippen molar-refractivity contribution in [3.63, 3.8) is 0 Å². The molecule has 5 aromatic carbocycles. The molecule has 0 atom stereocenters. The molecule has 1 radical (unpaired) electrons. The zero-order valence-electron chi connectivity index (χ0n) is 34.9. The Balaban J connectivity index is 0.000000370. The Kier molecular flexibility index (Phi) is 8.89. The Morgan fingerprint density at radius 3 is 2.02 bits per heavy atom. The maximum atomic E-state index is 10.4. The molecule has 0 aliphatic heterocycles. The SMILES string of the molecule is [2H]C([2H])([2H])c1cnc(-c2[c-]ccc3c2oc2c(C#N)c(-c4cnc(N(c5ccccc5)c5ccccc5)nc4)ccc23)cc1C([2H])([2H])[2H].[Ir].[c-]1ccccc1-c1ccccn1. The normalized spacial score (nSPS) is 12.6. The number of nitrogens with zero attached hydrogens (tertiary/aromatic N) is 6. The van der Waals surface area contributed by atoms with E-state index >= 15 is 0 Å². The van der Waals surface area contributed by atoms with E-state index in [-0.39, 0.29) is 42.5 Å². The van der Waals surface area contributed by atoms with E-state index in [2.05, 4.69) is 38.1 Å². The Morgan fingerprint density at radius 2 is 1.36 bits per heavy atom. The minimum atomic E-state index is -2.69. The van der Waals surface area contributed by atoms with Crippen LogP contribution in [-0.2, 0) is 20.1 Å². The van der Waals surface area contributed by atoms with Crippen LogP contribution in [0.3, 0.4) is 0 Å². The van der Waals surface area contributed by atoms with Crippen LogP contribution < -0.4 is 4.90 Å². The topological polar surface area (TPSA) is 91.7 Å². The van der Waals surface area contributed by atoms with E-state index in [0.717, 1.165) is 28.8 Å². The van der Waals surface area contributed by atoms with Crippen molar-refractivity contribution >= 4 is 39.3 Å². The van der Waals surface area contributed by atoms with Crippen LogP contribution in [0.5, 0.6) is 0 Å². The number of hydrogen-bond donors (Lipinski definition) is 0. The number of anilines is 3. The molecule has 9 aromatic rings. The van der Waals surface area contributed by atoms with Gasteiger partial charge in [0.1, 0.15) is 17.2 Å². The van der Waals surface area contributed by atoms with Gasteiger partial charge < -0.3 is 14.4 Å². The standard InChI is InChI=1S/C36H24N5O.C11H8N.Ir/c1-23-18-33(38-20-24(23)2)31-15-9-14-29-30-17-16-28(32(19-37)35(30)42-34(29)31)25-21-39-36(40-22-25)41(26-10-5-3-6-11-26)27-12-7-4-8-13-27;1-2-6-10(7-3-1)11-8-4-5-9-12-11;/h3-14,16-18,20-22H,1-2H3;1-6,8-9H;/q2*-1;/i1D3,2D3;;. The van der Waals surface area contributed by atoms with E-state index in [1.54, 1.807) is 30.7 Å². The van der Waals surface area contributed by atoms with Gasteiger partial charge in [0.15, 0.2) is 0 Å². The second-order valence-corrected chi connectivity index (χ2v) is 12.1. The first-order valence-electron chi connectivity index (χ1n) is 19.9. The van der Waals surface area contributed by atoms with Gasteiger partial charge in [0.05, 0.1) is 5.58 Å². The molecule has 0 unspecified atom stereocenters. The third-order valence-corrected chi connectivity index (χ3v) is 8.70. The van der Waals surface area contributed by atoms with Crippen LogP contribution in [0, 0.1) is 37.2 Å². The number of fused-ring (bicyclic) bond motifs is 3. The van der Waals surface area contributed by atoms with Crippen LogP contribution in [0.1, 0.15) is 24.9 Å². The second kappa shape index (κ2) is 16.5. The molecule has 4 heterocycles. The van der Waals surface area contributed by atoms with Gasteiger partial charge in [-0.2, -0.15) is 5.26 Å². The predicted octanol–water partition coefficient (Wildman–Crippen LogP) is 11.4. The van der Waals surface area contributed by atoms with E-state index in [1.165, 1.54) is 6.07 Å². The molecule has 0 spiro atoms. The summed E-state index contributed by atoms with van der Waals surface area (Å²) in [6, 6.07) is 50.0. The van der Waals surface area contributed by atoms with Crippen LogP contribution in [0.2, 0.25) is 0 Å². The number of rotatable bonds is 6. The third-order valence-electron chi connectivity index (χ3n) is 8.70. The largest absolute Gasteiger partial charge is 0.499 e. The smallest absolute Gasteiger partial charge is 0.234 e. The Bertz CT molecular complexity index is 2880. The molecular formula is C47H32IrN6O-2. The molecule has 9 rings (SSSR count). The Labute approximate surface area is 341 Å². The molecule has 0 amide bonds. The molecule has 0 fully saturated rings. The summed E-state index contributed by atoms with van der Waals surface area (Å²) < 4.78 is 53.6. The second-order valence-electron chi connectivity index (χ2n) is 12.1. The molecule has 55 heavy (non-hydrogen) atoms. The molecule has 0 saturated heterocycles. The summed E-state index contributed by atoms with van der Waals surface area (Å²) in [4.78, 5) is 19.8. The molecule has 0 bridgehead atoms. The maximum Gasteiger partial charge on any atom is 0.234 e. The number of aryl methyl sites for hydroxylation is 2. The van der Waals surface area contributed by atoms with Crippen LogP contribution >= 0.6 is 0 Å². The van der Waals surface area contributed by atoms with E-state index < -0.39 is 13.7 Å². The van der Waals surface area contributed by atoms with E-state index in [1.807, 2.05) is 120 Å². The molecule has 7 nitrogen and oxygen atoms in total. The van der Waals surface area contributed by atoms with Gasteiger partial charge in [0.2, 0.25) is 5.95 Å². The van der Waals surface area contributed by atoms with Crippen molar-refractivity contribution in [3.8, 4) is 39.7 Å². The Hall–Kier alpha value is -6.78. The zero-order valence-corrected chi connectivity index (χ0v) is 31.3. The van der Waals surface area contributed by atoms with Gasteiger partial charge in [-0.3, -0.25) is 4.90 Å². The Morgan fingerprint density at radius 1 is 0.655 bits per heavy atom. The van der Waals surface area contributed by atoms with Crippen molar-refractivity contribution in [2.75, 3.05) is 4.90 Å². The summed E-state index contributed by atoms with van der Waals surface area (Å²) in [6.07, 6.45) is 6.18. The van der Waals surface area contributed by atoms with Gasteiger partial charge in [0, 0.05) is 81.0 Å². The number of nitriles is 1.